The van der Waals surface area contributed by atoms with E-state index in [1.54, 1.807) is 0 Å². The first-order valence-corrected chi connectivity index (χ1v) is 31.2. The molecule has 0 aliphatic rings. The molecule has 0 amide bonds. The molecular formula is C84H114O4. The zero-order valence-corrected chi connectivity index (χ0v) is 58.7. The van der Waals surface area contributed by atoms with E-state index in [2.05, 4.69) is 366 Å². The highest BCUT2D eigenvalue weighted by Gasteiger charge is 1.90. The molecule has 0 fully saturated rings. The summed E-state index contributed by atoms with van der Waals surface area (Å²) >= 11 is 0. The summed E-state index contributed by atoms with van der Waals surface area (Å²) < 4.78 is 9.29. The number of carbonyl (C=O) groups is 2. The van der Waals surface area contributed by atoms with Crippen LogP contribution in [0.5, 0.6) is 0 Å². The molecule has 0 spiro atoms. The van der Waals surface area contributed by atoms with Crippen molar-refractivity contribution in [2.75, 3.05) is 13.2 Å². The van der Waals surface area contributed by atoms with E-state index in [9.17, 15) is 9.59 Å². The minimum atomic E-state index is -0.182. The molecule has 9 aromatic carbocycles. The Balaban J connectivity index is 0. The number of benzene rings is 9. The van der Waals surface area contributed by atoms with Crippen LogP contribution in [-0.2, 0) is 19.1 Å². The van der Waals surface area contributed by atoms with Crippen LogP contribution >= 0.6 is 0 Å². The topological polar surface area (TPSA) is 52.6 Å². The third kappa shape index (κ3) is 54.6. The maximum atomic E-state index is 10.1. The Kier molecular flexibility index (Phi) is 48.5. The summed E-state index contributed by atoms with van der Waals surface area (Å²) in [6.45, 7) is 45.9. The molecule has 0 aliphatic heterocycles. The number of rotatable bonds is 6. The van der Waals surface area contributed by atoms with Gasteiger partial charge < -0.3 is 9.47 Å². The van der Waals surface area contributed by atoms with Crippen LogP contribution in [0.15, 0.2) is 218 Å². The molecule has 9 aromatic rings. The van der Waals surface area contributed by atoms with Crippen LogP contribution in [0.4, 0.5) is 0 Å². The Bertz CT molecular complexity index is 2230. The molecule has 0 aliphatic carbocycles. The Labute approximate surface area is 537 Å². The molecule has 4 nitrogen and oxygen atoms in total. The van der Waals surface area contributed by atoms with Crippen molar-refractivity contribution in [1.29, 1.82) is 0 Å². The maximum Gasteiger partial charge on any atom is 0.302 e. The van der Waals surface area contributed by atoms with E-state index in [-0.39, 0.29) is 11.9 Å². The van der Waals surface area contributed by atoms with Crippen LogP contribution in [0.2, 0.25) is 0 Å². The second-order valence-electron chi connectivity index (χ2n) is 22.8. The molecule has 0 heterocycles. The number of ether oxygens (including phenoxy) is 2. The van der Waals surface area contributed by atoms with Crippen molar-refractivity contribution in [1.82, 2.24) is 0 Å². The summed E-state index contributed by atoms with van der Waals surface area (Å²) in [6.07, 6.45) is 4.10. The molecule has 474 valence electrons. The van der Waals surface area contributed by atoms with Crippen LogP contribution in [0.1, 0.15) is 154 Å². The first-order valence-electron chi connectivity index (χ1n) is 31.2. The minimum absolute atomic E-state index is 0.182. The largest absolute Gasteiger partial charge is 0.466 e. The third-order valence-electron chi connectivity index (χ3n) is 12.6. The highest BCUT2D eigenvalue weighted by molar-refractivity contribution is 5.66. The Hall–Kier alpha value is -8.08. The molecule has 0 bridgehead atoms. The summed E-state index contributed by atoms with van der Waals surface area (Å²) in [6, 6.07) is 76.3. The third-order valence-corrected chi connectivity index (χ3v) is 12.6. The first-order chi connectivity index (χ1) is 41.6. The SMILES string of the molecule is CCCCOC(C)=O.CCCCOC(C)=O.Cc1ccc(C)cc1.Cc1ccc(C)cc1.Cc1ccc(C)cc1.Cc1ccc(C)cc1.Cc1ccc(C)cc1.Cc1ccc(C)cc1.Cc1ccc(C)cc1.Cc1ccc(C)cc1.Cc1ccc(C)cc1. The van der Waals surface area contributed by atoms with E-state index in [4.69, 9.17) is 0 Å². The summed E-state index contributed by atoms with van der Waals surface area (Å²) in [4.78, 5) is 20.2. The summed E-state index contributed by atoms with van der Waals surface area (Å²) in [5, 5.41) is 0. The van der Waals surface area contributed by atoms with E-state index in [0.717, 1.165) is 25.7 Å². The van der Waals surface area contributed by atoms with E-state index in [1.807, 2.05) is 0 Å². The molecule has 0 N–H and O–H groups in total. The Morgan fingerprint density at radius 2 is 0.284 bits per heavy atom. The maximum absolute atomic E-state index is 10.1. The monoisotopic (exact) mass is 1190 g/mol. The molecule has 0 atom stereocenters. The predicted molar refractivity (Wildman–Crippen MR) is 386 cm³/mol. The van der Waals surface area contributed by atoms with Gasteiger partial charge in [-0.2, -0.15) is 0 Å². The highest BCUT2D eigenvalue weighted by atomic mass is 16.5. The van der Waals surface area contributed by atoms with E-state index < -0.39 is 0 Å². The molecular weight excluding hydrogens is 1070 g/mol. The highest BCUT2D eigenvalue weighted by Crippen LogP contribution is 2.05. The van der Waals surface area contributed by atoms with Crippen molar-refractivity contribution < 1.29 is 19.1 Å². The van der Waals surface area contributed by atoms with E-state index in [1.165, 1.54) is 114 Å². The summed E-state index contributed by atoms with van der Waals surface area (Å²) in [5.41, 5.74) is 23.9. The van der Waals surface area contributed by atoms with Gasteiger partial charge in [-0.25, -0.2) is 0 Å². The second kappa shape index (κ2) is 52.1. The molecule has 0 saturated heterocycles. The van der Waals surface area contributed by atoms with Crippen molar-refractivity contribution in [2.24, 2.45) is 0 Å². The van der Waals surface area contributed by atoms with Gasteiger partial charge in [0.15, 0.2) is 0 Å². The minimum Gasteiger partial charge on any atom is -0.466 e. The lowest BCUT2D eigenvalue weighted by atomic mass is 10.2. The first kappa shape index (κ1) is 82.0. The normalized spacial score (nSPS) is 9.16. The zero-order valence-electron chi connectivity index (χ0n) is 58.7. The number of aryl methyl sites for hydroxylation is 18. The molecule has 0 aromatic heterocycles. The number of carbonyl (C=O) groups excluding carboxylic acids is 2. The molecule has 4 heteroatoms. The van der Waals surface area contributed by atoms with Crippen molar-refractivity contribution in [3.8, 4) is 0 Å². The number of hydrogen-bond acceptors (Lipinski definition) is 4. The average Bonchev–Trinajstić information content (AvgIpc) is 3.50. The van der Waals surface area contributed by atoms with Gasteiger partial charge in [-0.15, -0.1) is 0 Å². The number of unbranched alkanes of at least 4 members (excludes halogenated alkanes) is 2. The molecule has 0 unspecified atom stereocenters. The standard InChI is InChI=1S/9C8H10.2C6H12O2/c9*1-7-3-5-8(2)6-4-7;2*1-3-4-5-8-6(2)7/h9*3-6H,1-2H3;2*3-5H2,1-2H3. The fourth-order valence-corrected chi connectivity index (χ4v) is 6.45. The van der Waals surface area contributed by atoms with Gasteiger partial charge in [0.1, 0.15) is 0 Å². The van der Waals surface area contributed by atoms with Crippen molar-refractivity contribution >= 4 is 11.9 Å². The fraction of sp³-hybridized carbons (Fsp3) is 0.333. The van der Waals surface area contributed by atoms with Crippen LogP contribution in [0, 0.1) is 125 Å². The average molecular weight is 1190 g/mol. The van der Waals surface area contributed by atoms with Crippen molar-refractivity contribution in [3.63, 3.8) is 0 Å². The zero-order chi connectivity index (χ0) is 66.7. The lowest BCUT2D eigenvalue weighted by Gasteiger charge is -1.96. The van der Waals surface area contributed by atoms with Crippen LogP contribution in [0.25, 0.3) is 0 Å². The van der Waals surface area contributed by atoms with E-state index >= 15 is 0 Å². The molecule has 9 rings (SSSR count). The number of hydrogen-bond donors (Lipinski definition) is 0. The molecule has 0 radical (unpaired) electrons. The molecule has 0 saturated carbocycles. The molecule has 88 heavy (non-hydrogen) atoms. The van der Waals surface area contributed by atoms with Gasteiger partial charge in [-0.3, -0.25) is 9.59 Å². The van der Waals surface area contributed by atoms with Crippen molar-refractivity contribution in [3.05, 3.63) is 319 Å². The van der Waals surface area contributed by atoms with Gasteiger partial charge in [0.05, 0.1) is 13.2 Å². The Morgan fingerprint density at radius 1 is 0.205 bits per heavy atom. The second-order valence-corrected chi connectivity index (χ2v) is 22.8. The smallest absolute Gasteiger partial charge is 0.302 e. The Morgan fingerprint density at radius 3 is 0.341 bits per heavy atom. The summed E-state index contributed by atoms with van der Waals surface area (Å²) in [7, 11) is 0. The van der Waals surface area contributed by atoms with Gasteiger partial charge in [-0.1, -0.05) is 345 Å². The number of esters is 2. The van der Waals surface area contributed by atoms with Crippen molar-refractivity contribution in [2.45, 2.75) is 178 Å². The summed E-state index contributed by atoms with van der Waals surface area (Å²) in [5.74, 6) is -0.364. The van der Waals surface area contributed by atoms with E-state index in [0.29, 0.717) is 13.2 Å². The lowest BCUT2D eigenvalue weighted by molar-refractivity contribution is -0.142. The van der Waals surface area contributed by atoms with Crippen LogP contribution < -0.4 is 0 Å². The lowest BCUT2D eigenvalue weighted by Crippen LogP contribution is -1.99. The van der Waals surface area contributed by atoms with Gasteiger partial charge in [0.25, 0.3) is 0 Å². The fourth-order valence-electron chi connectivity index (χ4n) is 6.45. The van der Waals surface area contributed by atoms with Crippen LogP contribution in [0.3, 0.4) is 0 Å². The van der Waals surface area contributed by atoms with Gasteiger partial charge in [-0.05, 0) is 137 Å². The predicted octanol–water partition coefficient (Wildman–Crippen LogP) is 23.4. The van der Waals surface area contributed by atoms with Gasteiger partial charge in [0.2, 0.25) is 0 Å². The van der Waals surface area contributed by atoms with Gasteiger partial charge >= 0.3 is 11.9 Å². The van der Waals surface area contributed by atoms with Crippen LogP contribution in [-0.4, -0.2) is 25.2 Å². The quantitative estimate of drug-likeness (QED) is 0.123. The van der Waals surface area contributed by atoms with Gasteiger partial charge in [0, 0.05) is 13.8 Å².